The maximum Gasteiger partial charge on any atom is 0.263 e. The summed E-state index contributed by atoms with van der Waals surface area (Å²) in [6.45, 7) is 0. The molecule has 0 unspecified atom stereocenters. The van der Waals surface area contributed by atoms with Crippen molar-refractivity contribution in [2.24, 2.45) is 0 Å². The second kappa shape index (κ2) is 6.37. The van der Waals surface area contributed by atoms with Crippen molar-refractivity contribution < 1.29 is 13.2 Å². The van der Waals surface area contributed by atoms with E-state index >= 15 is 0 Å². The quantitative estimate of drug-likeness (QED) is 0.630. The number of nitrogens with zero attached hydrogens (tertiary/aromatic N) is 1. The fraction of sp³-hybridized carbons (Fsp3) is 0.0625. The molecule has 21 heavy (non-hydrogen) atoms. The van der Waals surface area contributed by atoms with E-state index in [0.29, 0.717) is 5.56 Å². The van der Waals surface area contributed by atoms with Gasteiger partial charge in [0.15, 0.2) is 5.78 Å². The highest BCUT2D eigenvalue weighted by molar-refractivity contribution is 7.89. The Morgan fingerprint density at radius 3 is 2.05 bits per heavy atom. The monoisotopic (exact) mass is 301 g/mol. The third-order valence-electron chi connectivity index (χ3n) is 2.91. The van der Waals surface area contributed by atoms with E-state index in [1.54, 1.807) is 42.5 Å². The molecule has 2 aromatic carbocycles. The van der Waals surface area contributed by atoms with Crippen LogP contribution in [0.3, 0.4) is 0 Å². The van der Waals surface area contributed by atoms with Crippen LogP contribution in [-0.4, -0.2) is 25.6 Å². The van der Waals surface area contributed by atoms with Gasteiger partial charge in [-0.3, -0.25) is 9.10 Å². The SMILES string of the molecule is CN(C=CC(=O)c1ccccc1)S(=O)(=O)c1ccccc1. The van der Waals surface area contributed by atoms with Gasteiger partial charge < -0.3 is 0 Å². The number of ketones is 1. The molecular weight excluding hydrogens is 286 g/mol. The maximum absolute atomic E-state index is 12.2. The number of allylic oxidation sites excluding steroid dienone is 1. The molecular formula is C16H15NO3S. The van der Waals surface area contributed by atoms with Gasteiger partial charge >= 0.3 is 0 Å². The Bertz CT molecular complexity index is 738. The first-order valence-electron chi connectivity index (χ1n) is 6.32. The van der Waals surface area contributed by atoms with Gasteiger partial charge in [-0.1, -0.05) is 48.5 Å². The predicted octanol–water partition coefficient (Wildman–Crippen LogP) is 2.70. The molecule has 2 rings (SSSR count). The molecule has 0 aliphatic heterocycles. The smallest absolute Gasteiger partial charge is 0.263 e. The molecule has 0 atom stereocenters. The Morgan fingerprint density at radius 1 is 0.952 bits per heavy atom. The standard InChI is InChI=1S/C16H15NO3S/c1-17(21(19,20)15-10-6-3-7-11-15)13-12-16(18)14-8-4-2-5-9-14/h2-13H,1H3. The summed E-state index contributed by atoms with van der Waals surface area (Å²) in [5.74, 6) is -0.245. The predicted molar refractivity (Wildman–Crippen MR) is 81.3 cm³/mol. The second-order valence-corrected chi connectivity index (χ2v) is 6.38. The van der Waals surface area contributed by atoms with Crippen LogP contribution in [-0.2, 0) is 10.0 Å². The molecule has 0 aliphatic rings. The average Bonchev–Trinajstić information content (AvgIpc) is 2.53. The molecule has 5 heteroatoms. The van der Waals surface area contributed by atoms with Crippen LogP contribution in [0.4, 0.5) is 0 Å². The molecule has 0 N–H and O–H groups in total. The summed E-state index contributed by atoms with van der Waals surface area (Å²) < 4.78 is 25.5. The minimum absolute atomic E-state index is 0.185. The van der Waals surface area contributed by atoms with Crippen LogP contribution in [0.5, 0.6) is 0 Å². The Kier molecular flexibility index (Phi) is 4.55. The lowest BCUT2D eigenvalue weighted by Gasteiger charge is -2.14. The van der Waals surface area contributed by atoms with Gasteiger partial charge in [0.25, 0.3) is 10.0 Å². The summed E-state index contributed by atoms with van der Waals surface area (Å²) in [5.41, 5.74) is 0.513. The van der Waals surface area contributed by atoms with Crippen LogP contribution in [0.25, 0.3) is 0 Å². The molecule has 0 radical (unpaired) electrons. The molecule has 0 heterocycles. The van der Waals surface area contributed by atoms with Crippen molar-refractivity contribution in [3.8, 4) is 0 Å². The summed E-state index contributed by atoms with van der Waals surface area (Å²) >= 11 is 0. The molecule has 0 aromatic heterocycles. The van der Waals surface area contributed by atoms with E-state index in [1.807, 2.05) is 6.07 Å². The number of hydrogen-bond donors (Lipinski definition) is 0. The van der Waals surface area contributed by atoms with E-state index in [0.717, 1.165) is 4.31 Å². The van der Waals surface area contributed by atoms with Crippen molar-refractivity contribution >= 4 is 15.8 Å². The van der Waals surface area contributed by atoms with E-state index in [9.17, 15) is 13.2 Å². The Labute approximate surface area is 124 Å². The van der Waals surface area contributed by atoms with Crippen molar-refractivity contribution in [1.29, 1.82) is 0 Å². The first-order chi connectivity index (χ1) is 10.0. The molecule has 0 fully saturated rings. The van der Waals surface area contributed by atoms with Gasteiger partial charge in [0.05, 0.1) is 4.90 Å². The lowest BCUT2D eigenvalue weighted by atomic mass is 10.1. The van der Waals surface area contributed by atoms with Crippen molar-refractivity contribution in [3.63, 3.8) is 0 Å². The number of carbonyl (C=O) groups is 1. The van der Waals surface area contributed by atoms with Gasteiger partial charge in [-0.25, -0.2) is 8.42 Å². The molecule has 0 amide bonds. The Hall–Kier alpha value is -2.40. The molecule has 4 nitrogen and oxygen atoms in total. The van der Waals surface area contributed by atoms with Crippen LogP contribution in [0.15, 0.2) is 77.8 Å². The summed E-state index contributed by atoms with van der Waals surface area (Å²) in [6, 6.07) is 16.8. The zero-order valence-corrected chi connectivity index (χ0v) is 12.3. The highest BCUT2D eigenvalue weighted by Gasteiger charge is 2.17. The lowest BCUT2D eigenvalue weighted by molar-refractivity contribution is 0.104. The highest BCUT2D eigenvalue weighted by Crippen LogP contribution is 2.13. The van der Waals surface area contributed by atoms with Gasteiger partial charge in [0.2, 0.25) is 0 Å². The minimum atomic E-state index is -3.62. The zero-order chi connectivity index (χ0) is 15.3. The fourth-order valence-electron chi connectivity index (χ4n) is 1.71. The largest absolute Gasteiger partial charge is 0.289 e. The minimum Gasteiger partial charge on any atom is -0.289 e. The molecule has 0 spiro atoms. The van der Waals surface area contributed by atoms with E-state index in [1.165, 1.54) is 31.5 Å². The van der Waals surface area contributed by atoms with Crippen LogP contribution >= 0.6 is 0 Å². The number of benzene rings is 2. The lowest BCUT2D eigenvalue weighted by Crippen LogP contribution is -2.21. The zero-order valence-electron chi connectivity index (χ0n) is 11.5. The Balaban J connectivity index is 2.16. The van der Waals surface area contributed by atoms with Crippen LogP contribution in [0.1, 0.15) is 10.4 Å². The maximum atomic E-state index is 12.2. The Morgan fingerprint density at radius 2 is 1.48 bits per heavy atom. The van der Waals surface area contributed by atoms with Crippen LogP contribution in [0.2, 0.25) is 0 Å². The number of carbonyl (C=O) groups excluding carboxylic acids is 1. The third kappa shape index (κ3) is 3.58. The topological polar surface area (TPSA) is 54.5 Å². The summed E-state index contributed by atoms with van der Waals surface area (Å²) in [4.78, 5) is 12.1. The van der Waals surface area contributed by atoms with Gasteiger partial charge in [-0.05, 0) is 12.1 Å². The normalized spacial score (nSPS) is 11.5. The number of sulfonamides is 1. The van der Waals surface area contributed by atoms with Crippen LogP contribution in [0, 0.1) is 0 Å². The average molecular weight is 301 g/mol. The molecule has 0 aliphatic carbocycles. The number of rotatable bonds is 5. The molecule has 2 aromatic rings. The third-order valence-corrected chi connectivity index (χ3v) is 4.66. The van der Waals surface area contributed by atoms with E-state index in [2.05, 4.69) is 0 Å². The fourth-order valence-corrected chi connectivity index (χ4v) is 2.76. The van der Waals surface area contributed by atoms with Gasteiger partial charge in [0.1, 0.15) is 0 Å². The second-order valence-electron chi connectivity index (χ2n) is 4.38. The molecule has 0 bridgehead atoms. The number of hydrogen-bond acceptors (Lipinski definition) is 3. The van der Waals surface area contributed by atoms with Gasteiger partial charge in [-0.2, -0.15) is 0 Å². The summed E-state index contributed by atoms with van der Waals surface area (Å²) in [6.07, 6.45) is 2.51. The first kappa shape index (κ1) is 15.0. The summed E-state index contributed by atoms with van der Waals surface area (Å²) in [7, 11) is -2.22. The van der Waals surface area contributed by atoms with Crippen molar-refractivity contribution in [2.75, 3.05) is 7.05 Å². The molecule has 0 saturated carbocycles. The van der Waals surface area contributed by atoms with Gasteiger partial charge in [-0.15, -0.1) is 0 Å². The summed E-state index contributed by atoms with van der Waals surface area (Å²) in [5, 5.41) is 0. The van der Waals surface area contributed by atoms with Crippen molar-refractivity contribution in [1.82, 2.24) is 4.31 Å². The van der Waals surface area contributed by atoms with Crippen molar-refractivity contribution in [3.05, 3.63) is 78.5 Å². The van der Waals surface area contributed by atoms with E-state index in [-0.39, 0.29) is 10.7 Å². The van der Waals surface area contributed by atoms with Crippen LogP contribution < -0.4 is 0 Å². The van der Waals surface area contributed by atoms with Crippen molar-refractivity contribution in [2.45, 2.75) is 4.90 Å². The highest BCUT2D eigenvalue weighted by atomic mass is 32.2. The first-order valence-corrected chi connectivity index (χ1v) is 7.76. The van der Waals surface area contributed by atoms with E-state index < -0.39 is 10.0 Å². The molecule has 108 valence electrons. The van der Waals surface area contributed by atoms with Gasteiger partial charge in [0, 0.05) is 24.9 Å². The van der Waals surface area contributed by atoms with E-state index in [4.69, 9.17) is 0 Å². The molecule has 0 saturated heterocycles.